The van der Waals surface area contributed by atoms with E-state index in [1.54, 1.807) is 11.3 Å². The van der Waals surface area contributed by atoms with Crippen molar-refractivity contribution in [2.75, 3.05) is 13.2 Å². The van der Waals surface area contributed by atoms with E-state index in [1.165, 1.54) is 18.5 Å². The summed E-state index contributed by atoms with van der Waals surface area (Å²) in [5.74, 6) is 1.23. The number of ether oxygens (including phenoxy) is 1. The largest absolute Gasteiger partial charge is 0.381 e. The lowest BCUT2D eigenvalue weighted by atomic mass is 9.77. The van der Waals surface area contributed by atoms with E-state index in [1.807, 2.05) is 0 Å². The third kappa shape index (κ3) is 2.33. The van der Waals surface area contributed by atoms with Gasteiger partial charge >= 0.3 is 0 Å². The highest BCUT2D eigenvalue weighted by Crippen LogP contribution is 2.40. The van der Waals surface area contributed by atoms with Gasteiger partial charge in [0.2, 0.25) is 0 Å². The summed E-state index contributed by atoms with van der Waals surface area (Å²) >= 11 is 1.75. The Balaban J connectivity index is 1.79. The minimum Gasteiger partial charge on any atom is -0.381 e. The molecule has 100 valence electrons. The van der Waals surface area contributed by atoms with Crippen molar-refractivity contribution < 1.29 is 4.74 Å². The molecule has 18 heavy (non-hydrogen) atoms. The van der Waals surface area contributed by atoms with Crippen LogP contribution < -0.4 is 5.73 Å². The smallest absolute Gasteiger partial charge is 0.113 e. The Labute approximate surface area is 113 Å². The zero-order valence-corrected chi connectivity index (χ0v) is 11.8. The molecule has 3 atom stereocenters. The normalized spacial score (nSPS) is 37.0. The Bertz CT molecular complexity index is 414. The first-order valence-electron chi connectivity index (χ1n) is 7.00. The summed E-state index contributed by atoms with van der Waals surface area (Å²) in [6.45, 7) is 4.01. The molecule has 2 heterocycles. The first kappa shape index (κ1) is 12.6. The van der Waals surface area contributed by atoms with Gasteiger partial charge in [-0.15, -0.1) is 11.3 Å². The summed E-state index contributed by atoms with van der Waals surface area (Å²) in [5.41, 5.74) is 7.64. The van der Waals surface area contributed by atoms with Crippen LogP contribution in [0.2, 0.25) is 0 Å². The lowest BCUT2D eigenvalue weighted by Crippen LogP contribution is -2.40. The van der Waals surface area contributed by atoms with Gasteiger partial charge in [-0.2, -0.15) is 0 Å². The summed E-state index contributed by atoms with van der Waals surface area (Å²) < 4.78 is 5.44. The number of rotatable bonds is 2. The SMILES string of the molecule is CC1CCCC(N)(c2nc(C3CCOC3)cs2)C1. The molecule has 2 N–H and O–H groups in total. The van der Waals surface area contributed by atoms with Gasteiger partial charge in [0.25, 0.3) is 0 Å². The Morgan fingerprint density at radius 1 is 1.50 bits per heavy atom. The summed E-state index contributed by atoms with van der Waals surface area (Å²) in [4.78, 5) is 4.84. The summed E-state index contributed by atoms with van der Waals surface area (Å²) in [5, 5.41) is 3.35. The van der Waals surface area contributed by atoms with E-state index >= 15 is 0 Å². The van der Waals surface area contributed by atoms with Crippen LogP contribution in [0, 0.1) is 5.92 Å². The second kappa shape index (κ2) is 4.91. The molecule has 1 aliphatic heterocycles. The van der Waals surface area contributed by atoms with E-state index in [4.69, 9.17) is 15.5 Å². The lowest BCUT2D eigenvalue weighted by molar-refractivity contribution is 0.193. The third-order valence-electron chi connectivity index (χ3n) is 4.33. The number of hydrogen-bond donors (Lipinski definition) is 1. The minimum absolute atomic E-state index is 0.167. The lowest BCUT2D eigenvalue weighted by Gasteiger charge is -2.35. The van der Waals surface area contributed by atoms with Gasteiger partial charge in [0.05, 0.1) is 17.8 Å². The molecule has 1 saturated carbocycles. The van der Waals surface area contributed by atoms with Gasteiger partial charge in [-0.25, -0.2) is 4.98 Å². The fourth-order valence-corrected chi connectivity index (χ4v) is 4.31. The standard InChI is InChI=1S/C14H22N2OS/c1-10-3-2-5-14(15,7-10)13-16-12(9-18-13)11-4-6-17-8-11/h9-11H,2-8,15H2,1H3. The van der Waals surface area contributed by atoms with Gasteiger partial charge < -0.3 is 10.5 Å². The molecule has 2 fully saturated rings. The molecule has 1 aliphatic carbocycles. The molecule has 2 aliphatic rings. The van der Waals surface area contributed by atoms with E-state index in [0.717, 1.165) is 43.4 Å². The number of thiazole rings is 1. The van der Waals surface area contributed by atoms with E-state index in [-0.39, 0.29) is 5.54 Å². The van der Waals surface area contributed by atoms with Crippen molar-refractivity contribution >= 4 is 11.3 Å². The second-order valence-corrected chi connectivity index (χ2v) is 6.85. The fraction of sp³-hybridized carbons (Fsp3) is 0.786. The zero-order chi connectivity index (χ0) is 12.6. The van der Waals surface area contributed by atoms with Gasteiger partial charge in [0.1, 0.15) is 5.01 Å². The van der Waals surface area contributed by atoms with Crippen molar-refractivity contribution in [3.05, 3.63) is 16.1 Å². The zero-order valence-electron chi connectivity index (χ0n) is 11.0. The highest BCUT2D eigenvalue weighted by Gasteiger charge is 2.36. The third-order valence-corrected chi connectivity index (χ3v) is 5.41. The van der Waals surface area contributed by atoms with E-state index in [2.05, 4.69) is 12.3 Å². The molecule has 0 radical (unpaired) electrons. The van der Waals surface area contributed by atoms with E-state index in [9.17, 15) is 0 Å². The van der Waals surface area contributed by atoms with Crippen LogP contribution in [-0.4, -0.2) is 18.2 Å². The van der Waals surface area contributed by atoms with Crippen molar-refractivity contribution in [1.82, 2.24) is 4.98 Å². The van der Waals surface area contributed by atoms with Crippen LogP contribution in [0.1, 0.15) is 55.6 Å². The Morgan fingerprint density at radius 3 is 3.11 bits per heavy atom. The van der Waals surface area contributed by atoms with Crippen LogP contribution in [0.3, 0.4) is 0 Å². The van der Waals surface area contributed by atoms with Crippen molar-refractivity contribution in [3.63, 3.8) is 0 Å². The number of aromatic nitrogens is 1. The summed E-state index contributed by atoms with van der Waals surface area (Å²) in [7, 11) is 0. The van der Waals surface area contributed by atoms with Crippen LogP contribution >= 0.6 is 11.3 Å². The quantitative estimate of drug-likeness (QED) is 0.895. The van der Waals surface area contributed by atoms with Gasteiger partial charge in [0, 0.05) is 17.9 Å². The summed E-state index contributed by atoms with van der Waals surface area (Å²) in [6, 6.07) is 0. The highest BCUT2D eigenvalue weighted by atomic mass is 32.1. The van der Waals surface area contributed by atoms with Crippen LogP contribution in [0.15, 0.2) is 5.38 Å². The molecule has 0 bridgehead atoms. The molecule has 1 aromatic rings. The van der Waals surface area contributed by atoms with Crippen molar-refractivity contribution in [1.29, 1.82) is 0 Å². The monoisotopic (exact) mass is 266 g/mol. The topological polar surface area (TPSA) is 48.1 Å². The maximum absolute atomic E-state index is 6.60. The number of nitrogens with zero attached hydrogens (tertiary/aromatic N) is 1. The predicted molar refractivity (Wildman–Crippen MR) is 73.8 cm³/mol. The van der Waals surface area contributed by atoms with Crippen molar-refractivity contribution in [2.45, 2.75) is 50.5 Å². The van der Waals surface area contributed by atoms with E-state index in [0.29, 0.717) is 5.92 Å². The molecule has 4 heteroatoms. The second-order valence-electron chi connectivity index (χ2n) is 6.00. The van der Waals surface area contributed by atoms with Crippen molar-refractivity contribution in [3.8, 4) is 0 Å². The molecule has 1 aromatic heterocycles. The highest BCUT2D eigenvalue weighted by molar-refractivity contribution is 7.09. The van der Waals surface area contributed by atoms with Gasteiger partial charge in [0.15, 0.2) is 0 Å². The van der Waals surface area contributed by atoms with Crippen LogP contribution in [0.4, 0.5) is 0 Å². The average molecular weight is 266 g/mol. The molecule has 3 nitrogen and oxygen atoms in total. The Morgan fingerprint density at radius 2 is 2.39 bits per heavy atom. The van der Waals surface area contributed by atoms with Crippen LogP contribution in [0.25, 0.3) is 0 Å². The van der Waals surface area contributed by atoms with Gasteiger partial charge in [-0.3, -0.25) is 0 Å². The minimum atomic E-state index is -0.167. The average Bonchev–Trinajstić information content (AvgIpc) is 3.00. The fourth-order valence-electron chi connectivity index (χ4n) is 3.26. The molecular weight excluding hydrogens is 244 g/mol. The maximum Gasteiger partial charge on any atom is 0.113 e. The molecule has 1 saturated heterocycles. The summed E-state index contributed by atoms with van der Waals surface area (Å²) in [6.07, 6.45) is 5.83. The van der Waals surface area contributed by atoms with Crippen LogP contribution in [0.5, 0.6) is 0 Å². The number of nitrogens with two attached hydrogens (primary N) is 1. The van der Waals surface area contributed by atoms with Crippen LogP contribution in [-0.2, 0) is 10.3 Å². The Kier molecular flexibility index (Phi) is 3.43. The first-order chi connectivity index (χ1) is 8.67. The number of hydrogen-bond acceptors (Lipinski definition) is 4. The molecule has 0 aromatic carbocycles. The Hall–Kier alpha value is -0.450. The van der Waals surface area contributed by atoms with E-state index < -0.39 is 0 Å². The molecule has 0 spiro atoms. The maximum atomic E-state index is 6.60. The first-order valence-corrected chi connectivity index (χ1v) is 7.88. The van der Waals surface area contributed by atoms with Gasteiger partial charge in [-0.05, 0) is 25.2 Å². The van der Waals surface area contributed by atoms with Gasteiger partial charge in [-0.1, -0.05) is 19.8 Å². The van der Waals surface area contributed by atoms with Crippen molar-refractivity contribution in [2.24, 2.45) is 11.7 Å². The molecule has 3 unspecified atom stereocenters. The molecular formula is C14H22N2OS. The molecule has 0 amide bonds. The molecule has 3 rings (SSSR count). The predicted octanol–water partition coefficient (Wildman–Crippen LogP) is 3.01.